The lowest BCUT2D eigenvalue weighted by molar-refractivity contribution is 0.308. The van der Waals surface area contributed by atoms with Gasteiger partial charge in [0.05, 0.1) is 13.2 Å². The van der Waals surface area contributed by atoms with Crippen LogP contribution in [0.2, 0.25) is 0 Å². The second-order valence-corrected chi connectivity index (χ2v) is 6.52. The number of ether oxygens (including phenoxy) is 1. The van der Waals surface area contributed by atoms with E-state index in [1.165, 1.54) is 0 Å². The monoisotopic (exact) mass is 393 g/mol. The molecule has 0 saturated carbocycles. The van der Waals surface area contributed by atoms with Crippen molar-refractivity contribution < 1.29 is 9.26 Å². The van der Waals surface area contributed by atoms with E-state index < -0.39 is 0 Å². The van der Waals surface area contributed by atoms with E-state index in [4.69, 9.17) is 15.0 Å². The van der Waals surface area contributed by atoms with Crippen LogP contribution in [0.5, 0.6) is 5.75 Å². The van der Waals surface area contributed by atoms with Gasteiger partial charge < -0.3 is 24.9 Å². The molecule has 0 aliphatic carbocycles. The molecular formula is C22H27N5O2. The Labute approximate surface area is 171 Å². The molecule has 7 nitrogen and oxygen atoms in total. The van der Waals surface area contributed by atoms with Crippen LogP contribution in [0.4, 0.5) is 0 Å². The van der Waals surface area contributed by atoms with Crippen LogP contribution >= 0.6 is 0 Å². The highest BCUT2D eigenvalue weighted by molar-refractivity contribution is 5.41. The topological polar surface area (TPSA) is 91.1 Å². The van der Waals surface area contributed by atoms with E-state index in [9.17, 15) is 0 Å². The Morgan fingerprint density at radius 3 is 2.86 bits per heavy atom. The Balaban J connectivity index is 1.49. The van der Waals surface area contributed by atoms with Crippen molar-refractivity contribution in [2.45, 2.75) is 26.3 Å². The van der Waals surface area contributed by atoms with Crippen LogP contribution in [0.3, 0.4) is 0 Å². The first-order chi connectivity index (χ1) is 14.3. The Hall–Kier alpha value is -3.08. The Morgan fingerprint density at radius 2 is 2.07 bits per heavy atom. The molecule has 0 aliphatic rings. The average molecular weight is 393 g/mol. The summed E-state index contributed by atoms with van der Waals surface area (Å²) in [5, 5.41) is 7.34. The molecule has 7 heteroatoms. The van der Waals surface area contributed by atoms with Crippen molar-refractivity contribution in [3.63, 3.8) is 0 Å². The summed E-state index contributed by atoms with van der Waals surface area (Å²) >= 11 is 0. The first-order valence-corrected chi connectivity index (χ1v) is 9.89. The van der Waals surface area contributed by atoms with E-state index in [1.807, 2.05) is 36.5 Å². The summed E-state index contributed by atoms with van der Waals surface area (Å²) in [6.45, 7) is 5.77. The highest BCUT2D eigenvalue weighted by atomic mass is 16.5. The highest BCUT2D eigenvalue weighted by Gasteiger charge is 2.06. The standard InChI is InChI=1S/C22H27N5O2/c1-2-22-25-13-14-27(22)17-19-16-21(29-26-19)9-6-18-4-7-20(8-5-18)28-15-3-11-24-12-10-23/h4-5,7-8,13-14,16,24H,2-3,10-12,15,17,23H2,1H3. The van der Waals surface area contributed by atoms with Crippen LogP contribution in [0, 0.1) is 11.8 Å². The lowest BCUT2D eigenvalue weighted by atomic mass is 10.2. The molecule has 0 atom stereocenters. The van der Waals surface area contributed by atoms with E-state index in [2.05, 4.69) is 38.8 Å². The van der Waals surface area contributed by atoms with Gasteiger partial charge >= 0.3 is 0 Å². The van der Waals surface area contributed by atoms with E-state index in [0.29, 0.717) is 25.5 Å². The fraction of sp³-hybridized carbons (Fsp3) is 0.364. The summed E-state index contributed by atoms with van der Waals surface area (Å²) in [6.07, 6.45) is 5.56. The molecule has 2 heterocycles. The van der Waals surface area contributed by atoms with Gasteiger partial charge in [-0.05, 0) is 43.2 Å². The van der Waals surface area contributed by atoms with Crippen molar-refractivity contribution >= 4 is 0 Å². The number of hydrogen-bond acceptors (Lipinski definition) is 6. The van der Waals surface area contributed by atoms with Crippen molar-refractivity contribution in [3.8, 4) is 17.6 Å². The fourth-order valence-electron chi connectivity index (χ4n) is 2.80. The van der Waals surface area contributed by atoms with Gasteiger partial charge in [-0.3, -0.25) is 0 Å². The third-order valence-electron chi connectivity index (χ3n) is 4.28. The van der Waals surface area contributed by atoms with Gasteiger partial charge in [0, 0.05) is 43.5 Å². The Bertz CT molecular complexity index is 934. The number of benzene rings is 1. The molecule has 0 unspecified atom stereocenters. The Kier molecular flexibility index (Phi) is 7.87. The maximum absolute atomic E-state index is 5.72. The third-order valence-corrected chi connectivity index (χ3v) is 4.28. The number of aryl methyl sites for hydroxylation is 1. The van der Waals surface area contributed by atoms with Gasteiger partial charge in [0.1, 0.15) is 17.3 Å². The largest absolute Gasteiger partial charge is 0.494 e. The molecule has 3 aromatic rings. The molecular weight excluding hydrogens is 366 g/mol. The number of imidazole rings is 1. The van der Waals surface area contributed by atoms with Gasteiger partial charge in [-0.25, -0.2) is 4.98 Å². The zero-order valence-corrected chi connectivity index (χ0v) is 16.7. The lowest BCUT2D eigenvalue weighted by Crippen LogP contribution is -2.24. The van der Waals surface area contributed by atoms with Gasteiger partial charge in [0.2, 0.25) is 5.76 Å². The second-order valence-electron chi connectivity index (χ2n) is 6.52. The number of aromatic nitrogens is 3. The second kappa shape index (κ2) is 11.1. The number of nitrogens with zero attached hydrogens (tertiary/aromatic N) is 3. The summed E-state index contributed by atoms with van der Waals surface area (Å²) < 4.78 is 13.1. The molecule has 1 aromatic carbocycles. The summed E-state index contributed by atoms with van der Waals surface area (Å²) in [7, 11) is 0. The molecule has 0 amide bonds. The maximum Gasteiger partial charge on any atom is 0.210 e. The van der Waals surface area contributed by atoms with Crippen molar-refractivity contribution in [1.29, 1.82) is 0 Å². The molecule has 0 radical (unpaired) electrons. The van der Waals surface area contributed by atoms with Gasteiger partial charge in [-0.15, -0.1) is 0 Å². The van der Waals surface area contributed by atoms with E-state index in [-0.39, 0.29) is 0 Å². The van der Waals surface area contributed by atoms with Crippen LogP contribution in [0.1, 0.15) is 36.2 Å². The van der Waals surface area contributed by atoms with Gasteiger partial charge in [-0.1, -0.05) is 18.0 Å². The SMILES string of the molecule is CCc1nccn1Cc1cc(C#Cc2ccc(OCCCNCCN)cc2)on1. The molecule has 3 rings (SSSR count). The Morgan fingerprint density at radius 1 is 1.21 bits per heavy atom. The van der Waals surface area contributed by atoms with Crippen LogP contribution < -0.4 is 15.8 Å². The number of rotatable bonds is 10. The van der Waals surface area contributed by atoms with Crippen molar-refractivity contribution in [2.75, 3.05) is 26.2 Å². The predicted octanol–water partition coefficient (Wildman–Crippen LogP) is 2.20. The third kappa shape index (κ3) is 6.49. The van der Waals surface area contributed by atoms with E-state index in [0.717, 1.165) is 48.8 Å². The summed E-state index contributed by atoms with van der Waals surface area (Å²) in [4.78, 5) is 4.31. The highest BCUT2D eigenvalue weighted by Crippen LogP contribution is 2.12. The van der Waals surface area contributed by atoms with Crippen LogP contribution in [0.25, 0.3) is 0 Å². The minimum atomic E-state index is 0.545. The quantitative estimate of drug-likeness (QED) is 0.405. The van der Waals surface area contributed by atoms with Gasteiger partial charge in [0.25, 0.3) is 0 Å². The van der Waals surface area contributed by atoms with Crippen molar-refractivity contribution in [3.05, 3.63) is 65.6 Å². The molecule has 29 heavy (non-hydrogen) atoms. The molecule has 3 N–H and O–H groups in total. The normalized spacial score (nSPS) is 10.6. The summed E-state index contributed by atoms with van der Waals surface area (Å²) in [6, 6.07) is 9.59. The first-order valence-electron chi connectivity index (χ1n) is 9.89. The molecule has 0 spiro atoms. The van der Waals surface area contributed by atoms with Crippen LogP contribution in [0.15, 0.2) is 47.2 Å². The van der Waals surface area contributed by atoms with Gasteiger partial charge in [-0.2, -0.15) is 0 Å². The minimum absolute atomic E-state index is 0.545. The predicted molar refractivity (Wildman–Crippen MR) is 112 cm³/mol. The van der Waals surface area contributed by atoms with Crippen LogP contribution in [-0.2, 0) is 13.0 Å². The average Bonchev–Trinajstić information content (AvgIpc) is 3.39. The molecule has 0 saturated heterocycles. The van der Waals surface area contributed by atoms with Crippen molar-refractivity contribution in [2.24, 2.45) is 5.73 Å². The maximum atomic E-state index is 5.72. The molecule has 152 valence electrons. The number of nitrogens with two attached hydrogens (primary N) is 1. The van der Waals surface area contributed by atoms with Crippen LogP contribution in [-0.4, -0.2) is 40.9 Å². The molecule has 0 aliphatic heterocycles. The smallest absolute Gasteiger partial charge is 0.210 e. The van der Waals surface area contributed by atoms with E-state index in [1.54, 1.807) is 6.20 Å². The summed E-state index contributed by atoms with van der Waals surface area (Å²) in [5.41, 5.74) is 7.15. The zero-order chi connectivity index (χ0) is 20.3. The van der Waals surface area contributed by atoms with Crippen molar-refractivity contribution in [1.82, 2.24) is 20.0 Å². The fourth-order valence-corrected chi connectivity index (χ4v) is 2.80. The molecule has 0 bridgehead atoms. The van der Waals surface area contributed by atoms with Gasteiger partial charge in [0.15, 0.2) is 0 Å². The number of nitrogens with one attached hydrogen (secondary N) is 1. The summed E-state index contributed by atoms with van der Waals surface area (Å²) in [5.74, 6) is 8.51. The first kappa shape index (κ1) is 20.6. The van der Waals surface area contributed by atoms with E-state index >= 15 is 0 Å². The minimum Gasteiger partial charge on any atom is -0.494 e. The number of hydrogen-bond donors (Lipinski definition) is 2. The zero-order valence-electron chi connectivity index (χ0n) is 16.7. The lowest BCUT2D eigenvalue weighted by Gasteiger charge is -2.06. The molecule has 0 fully saturated rings. The molecule has 2 aromatic heterocycles.